The number of phenolic OH excluding ortho intramolecular Hbond substituents is 1. The Kier molecular flexibility index (Phi) is 4.60. The minimum atomic E-state index is -0.457. The SMILES string of the molecule is CC(=O)c1cccc(NC(=O)c2cc(C=O)c(C)cc2C)c1O. The molecule has 5 heteroatoms. The van der Waals surface area contributed by atoms with Crippen LogP contribution in [0.25, 0.3) is 0 Å². The van der Waals surface area contributed by atoms with Gasteiger partial charge in [-0.2, -0.15) is 0 Å². The highest BCUT2D eigenvalue weighted by molar-refractivity contribution is 6.08. The number of carbonyl (C=O) groups excluding carboxylic acids is 3. The van der Waals surface area contributed by atoms with Crippen LogP contribution in [0, 0.1) is 13.8 Å². The van der Waals surface area contributed by atoms with E-state index in [2.05, 4.69) is 5.32 Å². The van der Waals surface area contributed by atoms with Gasteiger partial charge in [0.25, 0.3) is 5.91 Å². The molecule has 118 valence electrons. The standard InChI is InChI=1S/C18H17NO4/c1-10-7-11(2)15(8-13(10)9-20)18(23)19-16-6-4-5-14(12(3)21)17(16)22/h4-9,22H,1-3H3,(H,19,23). The van der Waals surface area contributed by atoms with Gasteiger partial charge in [-0.3, -0.25) is 14.4 Å². The van der Waals surface area contributed by atoms with E-state index < -0.39 is 5.91 Å². The molecule has 2 rings (SSSR count). The van der Waals surface area contributed by atoms with Gasteiger partial charge in [-0.1, -0.05) is 12.1 Å². The first kappa shape index (κ1) is 16.4. The first-order valence-corrected chi connectivity index (χ1v) is 7.05. The Morgan fingerprint density at radius 1 is 1.09 bits per heavy atom. The lowest BCUT2D eigenvalue weighted by atomic mass is 10.00. The van der Waals surface area contributed by atoms with E-state index in [1.54, 1.807) is 26.0 Å². The van der Waals surface area contributed by atoms with Gasteiger partial charge in [0, 0.05) is 11.1 Å². The number of hydrogen-bond donors (Lipinski definition) is 2. The van der Waals surface area contributed by atoms with Crippen molar-refractivity contribution in [2.45, 2.75) is 20.8 Å². The van der Waals surface area contributed by atoms with Crippen molar-refractivity contribution in [3.63, 3.8) is 0 Å². The van der Waals surface area contributed by atoms with E-state index in [4.69, 9.17) is 0 Å². The summed E-state index contributed by atoms with van der Waals surface area (Å²) in [7, 11) is 0. The van der Waals surface area contributed by atoms with Crippen LogP contribution in [0.2, 0.25) is 0 Å². The lowest BCUT2D eigenvalue weighted by Crippen LogP contribution is -2.15. The second kappa shape index (κ2) is 6.44. The molecular weight excluding hydrogens is 294 g/mol. The second-order valence-corrected chi connectivity index (χ2v) is 5.35. The van der Waals surface area contributed by atoms with E-state index in [1.807, 2.05) is 0 Å². The highest BCUT2D eigenvalue weighted by Gasteiger charge is 2.16. The Hall–Kier alpha value is -2.95. The van der Waals surface area contributed by atoms with Crippen LogP contribution in [-0.4, -0.2) is 23.1 Å². The number of hydrogen-bond acceptors (Lipinski definition) is 4. The van der Waals surface area contributed by atoms with E-state index >= 15 is 0 Å². The number of nitrogens with one attached hydrogen (secondary N) is 1. The van der Waals surface area contributed by atoms with Crippen molar-refractivity contribution >= 4 is 23.7 Å². The third kappa shape index (κ3) is 3.29. The van der Waals surface area contributed by atoms with E-state index in [0.29, 0.717) is 23.0 Å². The maximum atomic E-state index is 12.4. The Morgan fingerprint density at radius 3 is 2.39 bits per heavy atom. The average Bonchev–Trinajstić information content (AvgIpc) is 2.49. The number of carbonyl (C=O) groups is 3. The molecular formula is C18H17NO4. The monoisotopic (exact) mass is 311 g/mol. The minimum Gasteiger partial charge on any atom is -0.505 e. The summed E-state index contributed by atoms with van der Waals surface area (Å²) in [4.78, 5) is 34.9. The summed E-state index contributed by atoms with van der Waals surface area (Å²) in [6.07, 6.45) is 0.694. The number of aldehydes is 1. The van der Waals surface area contributed by atoms with Gasteiger partial charge in [0.2, 0.25) is 0 Å². The first-order chi connectivity index (χ1) is 10.8. The molecule has 0 fully saturated rings. The third-order valence-electron chi connectivity index (χ3n) is 3.65. The lowest BCUT2D eigenvalue weighted by Gasteiger charge is -2.12. The number of anilines is 1. The van der Waals surface area contributed by atoms with Crippen molar-refractivity contribution < 1.29 is 19.5 Å². The van der Waals surface area contributed by atoms with E-state index in [1.165, 1.54) is 25.1 Å². The van der Waals surface area contributed by atoms with Crippen LogP contribution < -0.4 is 5.32 Å². The number of aromatic hydroxyl groups is 1. The van der Waals surface area contributed by atoms with Gasteiger partial charge in [-0.15, -0.1) is 0 Å². The zero-order chi connectivity index (χ0) is 17.1. The summed E-state index contributed by atoms with van der Waals surface area (Å²) in [5.74, 6) is -1.02. The van der Waals surface area contributed by atoms with Crippen molar-refractivity contribution in [2.24, 2.45) is 0 Å². The highest BCUT2D eigenvalue weighted by Crippen LogP contribution is 2.28. The molecule has 2 aromatic carbocycles. The maximum Gasteiger partial charge on any atom is 0.256 e. The van der Waals surface area contributed by atoms with Gasteiger partial charge in [0.15, 0.2) is 5.78 Å². The number of rotatable bonds is 4. The zero-order valence-corrected chi connectivity index (χ0v) is 13.1. The van der Waals surface area contributed by atoms with Gasteiger partial charge >= 0.3 is 0 Å². The van der Waals surface area contributed by atoms with Crippen LogP contribution in [0.3, 0.4) is 0 Å². The fourth-order valence-electron chi connectivity index (χ4n) is 2.36. The summed E-state index contributed by atoms with van der Waals surface area (Å²) >= 11 is 0. The molecule has 2 aromatic rings. The number of Topliss-reactive ketones (excluding diaryl/α,β-unsaturated/α-hetero) is 1. The number of amides is 1. The third-order valence-corrected chi connectivity index (χ3v) is 3.65. The molecule has 0 saturated carbocycles. The number of ketones is 1. The zero-order valence-electron chi connectivity index (χ0n) is 13.1. The molecule has 1 amide bonds. The van der Waals surface area contributed by atoms with Crippen molar-refractivity contribution in [1.29, 1.82) is 0 Å². The van der Waals surface area contributed by atoms with Crippen LogP contribution >= 0.6 is 0 Å². The molecule has 23 heavy (non-hydrogen) atoms. The van der Waals surface area contributed by atoms with Gasteiger partial charge in [0.1, 0.15) is 12.0 Å². The lowest BCUT2D eigenvalue weighted by molar-refractivity contribution is 0.100. The Labute approximate surface area is 134 Å². The van der Waals surface area contributed by atoms with E-state index in [0.717, 1.165) is 5.56 Å². The quantitative estimate of drug-likeness (QED) is 0.515. The predicted octanol–water partition coefficient (Wildman–Crippen LogP) is 3.28. The summed E-state index contributed by atoms with van der Waals surface area (Å²) in [6, 6.07) is 7.83. The Bertz CT molecular complexity index is 809. The van der Waals surface area contributed by atoms with Crippen LogP contribution in [0.5, 0.6) is 5.75 Å². The van der Waals surface area contributed by atoms with Gasteiger partial charge in [0.05, 0.1) is 11.3 Å². The molecule has 0 atom stereocenters. The van der Waals surface area contributed by atoms with Crippen molar-refractivity contribution in [2.75, 3.05) is 5.32 Å². The molecule has 0 aliphatic carbocycles. The normalized spacial score (nSPS) is 10.2. The molecule has 0 aliphatic rings. The number of phenols is 1. The van der Waals surface area contributed by atoms with Crippen molar-refractivity contribution in [3.8, 4) is 5.75 Å². The van der Waals surface area contributed by atoms with E-state index in [-0.39, 0.29) is 22.8 Å². The van der Waals surface area contributed by atoms with Gasteiger partial charge < -0.3 is 10.4 Å². The molecule has 0 radical (unpaired) electrons. The van der Waals surface area contributed by atoms with E-state index in [9.17, 15) is 19.5 Å². The smallest absolute Gasteiger partial charge is 0.256 e. The fourth-order valence-corrected chi connectivity index (χ4v) is 2.36. The largest absolute Gasteiger partial charge is 0.505 e. The number of aryl methyl sites for hydroxylation is 2. The highest BCUT2D eigenvalue weighted by atomic mass is 16.3. The van der Waals surface area contributed by atoms with Crippen LogP contribution in [0.4, 0.5) is 5.69 Å². The van der Waals surface area contributed by atoms with Crippen molar-refractivity contribution in [3.05, 3.63) is 58.1 Å². The predicted molar refractivity (Wildman–Crippen MR) is 87.4 cm³/mol. The molecule has 0 spiro atoms. The van der Waals surface area contributed by atoms with Gasteiger partial charge in [-0.25, -0.2) is 0 Å². The molecule has 0 unspecified atom stereocenters. The van der Waals surface area contributed by atoms with Crippen LogP contribution in [-0.2, 0) is 0 Å². The van der Waals surface area contributed by atoms with Crippen LogP contribution in [0.15, 0.2) is 30.3 Å². The van der Waals surface area contributed by atoms with Crippen LogP contribution in [0.1, 0.15) is 49.1 Å². The first-order valence-electron chi connectivity index (χ1n) is 7.05. The molecule has 0 aliphatic heterocycles. The molecule has 0 aromatic heterocycles. The molecule has 2 N–H and O–H groups in total. The minimum absolute atomic E-state index is 0.136. The molecule has 5 nitrogen and oxygen atoms in total. The average molecular weight is 311 g/mol. The molecule has 0 saturated heterocycles. The molecule has 0 heterocycles. The summed E-state index contributed by atoms with van der Waals surface area (Å²) in [6.45, 7) is 4.89. The number of benzene rings is 2. The Morgan fingerprint density at radius 2 is 1.78 bits per heavy atom. The maximum absolute atomic E-state index is 12.4. The van der Waals surface area contributed by atoms with Crippen molar-refractivity contribution in [1.82, 2.24) is 0 Å². The number of para-hydroxylation sites is 1. The molecule has 0 bridgehead atoms. The fraction of sp³-hybridized carbons (Fsp3) is 0.167. The topological polar surface area (TPSA) is 83.5 Å². The second-order valence-electron chi connectivity index (χ2n) is 5.35. The Balaban J connectivity index is 2.39. The summed E-state index contributed by atoms with van der Waals surface area (Å²) < 4.78 is 0. The van der Waals surface area contributed by atoms with Gasteiger partial charge in [-0.05, 0) is 50.1 Å². The summed E-state index contributed by atoms with van der Waals surface area (Å²) in [5.41, 5.74) is 2.56. The summed E-state index contributed by atoms with van der Waals surface area (Å²) in [5, 5.41) is 12.7.